The molecule has 1 N–H and O–H groups in total. The van der Waals surface area contributed by atoms with E-state index in [2.05, 4.69) is 5.32 Å². The minimum Gasteiger partial charge on any atom is -0.486 e. The van der Waals surface area contributed by atoms with Gasteiger partial charge in [-0.1, -0.05) is 18.2 Å². The molecule has 1 fully saturated rings. The Bertz CT molecular complexity index is 1090. The first-order valence-corrected chi connectivity index (χ1v) is 12.4. The van der Waals surface area contributed by atoms with E-state index in [1.807, 2.05) is 36.2 Å². The Balaban J connectivity index is 1.36. The molecule has 2 aliphatic rings. The highest BCUT2D eigenvalue weighted by Crippen LogP contribution is 2.31. The maximum atomic E-state index is 12.9. The van der Waals surface area contributed by atoms with E-state index in [1.54, 1.807) is 19.1 Å². The molecule has 0 bridgehead atoms. The number of anilines is 1. The van der Waals surface area contributed by atoms with Gasteiger partial charge in [0.1, 0.15) is 12.7 Å². The number of hydrogen-bond acceptors (Lipinski definition) is 7. The average molecular weight is 476 g/mol. The van der Waals surface area contributed by atoms with Crippen molar-refractivity contribution in [2.45, 2.75) is 24.0 Å². The van der Waals surface area contributed by atoms with E-state index < -0.39 is 16.1 Å². The van der Waals surface area contributed by atoms with Gasteiger partial charge in [0, 0.05) is 25.3 Å². The van der Waals surface area contributed by atoms with Crippen molar-refractivity contribution < 1.29 is 27.4 Å². The molecule has 0 aliphatic carbocycles. The Morgan fingerprint density at radius 2 is 1.88 bits per heavy atom. The van der Waals surface area contributed by atoms with E-state index in [0.29, 0.717) is 56.6 Å². The van der Waals surface area contributed by atoms with Crippen LogP contribution < -0.4 is 14.8 Å². The van der Waals surface area contributed by atoms with Crippen LogP contribution in [0.3, 0.4) is 0 Å². The number of para-hydroxylation sites is 2. The molecule has 0 radical (unpaired) electrons. The Hall–Kier alpha value is -2.66. The lowest BCUT2D eigenvalue weighted by molar-refractivity contribution is -0.120. The zero-order chi connectivity index (χ0) is 23.4. The second kappa shape index (κ2) is 10.1. The summed E-state index contributed by atoms with van der Waals surface area (Å²) in [7, 11) is -1.80. The topological polar surface area (TPSA) is 97.4 Å². The fourth-order valence-corrected chi connectivity index (χ4v) is 5.20. The second-order valence-corrected chi connectivity index (χ2v) is 10.1. The van der Waals surface area contributed by atoms with Crippen LogP contribution in [-0.2, 0) is 19.6 Å². The smallest absolute Gasteiger partial charge is 0.243 e. The maximum absolute atomic E-state index is 12.9. The summed E-state index contributed by atoms with van der Waals surface area (Å²) in [5.41, 5.74) is 0.431. The highest BCUT2D eigenvalue weighted by atomic mass is 32.2. The zero-order valence-corrected chi connectivity index (χ0v) is 19.6. The maximum Gasteiger partial charge on any atom is 0.243 e. The SMILES string of the molecule is C[C@@H](C(=O)Nc1cccc(S(=O)(=O)N2CCOCC2)c1)N(C)C[C@@H]1COc2ccccc2O1. The lowest BCUT2D eigenvalue weighted by atomic mass is 10.2. The number of nitrogens with one attached hydrogen (secondary N) is 1. The van der Waals surface area contributed by atoms with Crippen LogP contribution in [0.25, 0.3) is 0 Å². The number of carbonyl (C=O) groups excluding carboxylic acids is 1. The molecular formula is C23H29N3O6S. The summed E-state index contributed by atoms with van der Waals surface area (Å²) in [6.45, 7) is 4.07. The lowest BCUT2D eigenvalue weighted by Gasteiger charge is -2.31. The molecule has 2 aromatic rings. The van der Waals surface area contributed by atoms with E-state index in [0.717, 1.165) is 0 Å². The molecule has 2 aromatic carbocycles. The Morgan fingerprint density at radius 3 is 2.64 bits per heavy atom. The normalized spacial score (nSPS) is 19.8. The van der Waals surface area contributed by atoms with Crippen molar-refractivity contribution in [3.05, 3.63) is 48.5 Å². The van der Waals surface area contributed by atoms with E-state index in [9.17, 15) is 13.2 Å². The number of hydrogen-bond donors (Lipinski definition) is 1. The summed E-state index contributed by atoms with van der Waals surface area (Å²) in [6, 6.07) is 13.4. The summed E-state index contributed by atoms with van der Waals surface area (Å²) in [5.74, 6) is 1.17. The molecule has 1 saturated heterocycles. The molecule has 0 saturated carbocycles. The van der Waals surface area contributed by atoms with Gasteiger partial charge in [-0.25, -0.2) is 8.42 Å². The molecule has 0 spiro atoms. The number of morpholine rings is 1. The second-order valence-electron chi connectivity index (χ2n) is 8.15. The molecule has 4 rings (SSSR count). The molecule has 1 amide bonds. The van der Waals surface area contributed by atoms with Crippen molar-refractivity contribution >= 4 is 21.6 Å². The van der Waals surface area contributed by atoms with Gasteiger partial charge < -0.3 is 19.5 Å². The highest BCUT2D eigenvalue weighted by molar-refractivity contribution is 7.89. The van der Waals surface area contributed by atoms with Gasteiger partial charge >= 0.3 is 0 Å². The van der Waals surface area contributed by atoms with Crippen LogP contribution in [0.1, 0.15) is 6.92 Å². The monoisotopic (exact) mass is 475 g/mol. The molecule has 0 unspecified atom stereocenters. The Morgan fingerprint density at radius 1 is 1.15 bits per heavy atom. The summed E-state index contributed by atoms with van der Waals surface area (Å²) in [5, 5.41) is 2.83. The Labute approximate surface area is 194 Å². The molecule has 2 atom stereocenters. The lowest BCUT2D eigenvalue weighted by Crippen LogP contribution is -2.46. The van der Waals surface area contributed by atoms with Crippen LogP contribution in [0.2, 0.25) is 0 Å². The van der Waals surface area contributed by atoms with Gasteiger partial charge in [-0.3, -0.25) is 9.69 Å². The molecule has 2 heterocycles. The number of benzene rings is 2. The van der Waals surface area contributed by atoms with Gasteiger partial charge in [0.2, 0.25) is 15.9 Å². The molecule has 9 nitrogen and oxygen atoms in total. The van der Waals surface area contributed by atoms with E-state index in [4.69, 9.17) is 14.2 Å². The third kappa shape index (κ3) is 5.47. The molecule has 178 valence electrons. The first-order chi connectivity index (χ1) is 15.8. The van der Waals surface area contributed by atoms with Crippen LogP contribution in [0.15, 0.2) is 53.4 Å². The first kappa shape index (κ1) is 23.5. The summed E-state index contributed by atoms with van der Waals surface area (Å²) in [4.78, 5) is 14.9. The Kier molecular flexibility index (Phi) is 7.18. The van der Waals surface area contributed by atoms with Gasteiger partial charge in [0.05, 0.1) is 24.2 Å². The number of carbonyl (C=O) groups is 1. The molecule has 2 aliphatic heterocycles. The fraction of sp³-hybridized carbons (Fsp3) is 0.435. The van der Waals surface area contributed by atoms with Crippen LogP contribution in [0.5, 0.6) is 11.5 Å². The summed E-state index contributed by atoms with van der Waals surface area (Å²) in [6.07, 6.45) is -0.206. The van der Waals surface area contributed by atoms with Gasteiger partial charge in [-0.2, -0.15) is 4.31 Å². The number of fused-ring (bicyclic) bond motifs is 1. The molecule has 0 aromatic heterocycles. The van der Waals surface area contributed by atoms with Gasteiger partial charge in [-0.15, -0.1) is 0 Å². The molecular weight excluding hydrogens is 446 g/mol. The minimum absolute atomic E-state index is 0.148. The predicted octanol–water partition coefficient (Wildman–Crippen LogP) is 1.81. The first-order valence-electron chi connectivity index (χ1n) is 10.9. The van der Waals surface area contributed by atoms with Crippen LogP contribution >= 0.6 is 0 Å². The fourth-order valence-electron chi connectivity index (χ4n) is 3.75. The number of nitrogens with zero attached hydrogens (tertiary/aromatic N) is 2. The number of ether oxygens (including phenoxy) is 3. The van der Waals surface area contributed by atoms with E-state index in [-0.39, 0.29) is 16.9 Å². The van der Waals surface area contributed by atoms with Crippen LogP contribution in [-0.4, -0.2) is 82.2 Å². The highest BCUT2D eigenvalue weighted by Gasteiger charge is 2.28. The molecule has 33 heavy (non-hydrogen) atoms. The standard InChI is InChI=1S/C23H29N3O6S/c1-17(25(2)15-19-16-31-21-8-3-4-9-22(21)32-19)23(27)24-18-6-5-7-20(14-18)33(28,29)26-10-12-30-13-11-26/h3-9,14,17,19H,10-13,15-16H2,1-2H3,(H,24,27)/t17-,19+/m0/s1. The third-order valence-corrected chi connectivity index (χ3v) is 7.70. The average Bonchev–Trinajstić information content (AvgIpc) is 2.84. The number of sulfonamides is 1. The van der Waals surface area contributed by atoms with Gasteiger partial charge in [0.15, 0.2) is 11.5 Å². The van der Waals surface area contributed by atoms with Crippen LogP contribution in [0.4, 0.5) is 5.69 Å². The van der Waals surface area contributed by atoms with Crippen molar-refractivity contribution in [2.75, 3.05) is 51.8 Å². The van der Waals surface area contributed by atoms with Crippen molar-refractivity contribution in [1.29, 1.82) is 0 Å². The zero-order valence-electron chi connectivity index (χ0n) is 18.8. The number of likely N-dealkylation sites (N-methyl/N-ethyl adjacent to an activating group) is 1. The third-order valence-electron chi connectivity index (χ3n) is 5.81. The summed E-state index contributed by atoms with van der Waals surface area (Å²) < 4.78 is 44.2. The quantitative estimate of drug-likeness (QED) is 0.652. The summed E-state index contributed by atoms with van der Waals surface area (Å²) >= 11 is 0. The van der Waals surface area contributed by atoms with Crippen molar-refractivity contribution in [2.24, 2.45) is 0 Å². The van der Waals surface area contributed by atoms with Gasteiger partial charge in [-0.05, 0) is 44.3 Å². The number of amides is 1. The van der Waals surface area contributed by atoms with Gasteiger partial charge in [0.25, 0.3) is 0 Å². The van der Waals surface area contributed by atoms with E-state index >= 15 is 0 Å². The molecule has 10 heteroatoms. The van der Waals surface area contributed by atoms with Crippen molar-refractivity contribution in [1.82, 2.24) is 9.21 Å². The van der Waals surface area contributed by atoms with Crippen LogP contribution in [0, 0.1) is 0 Å². The van der Waals surface area contributed by atoms with E-state index in [1.165, 1.54) is 16.4 Å². The largest absolute Gasteiger partial charge is 0.486 e. The minimum atomic E-state index is -3.64. The number of rotatable bonds is 7. The van der Waals surface area contributed by atoms with Crippen molar-refractivity contribution in [3.63, 3.8) is 0 Å². The predicted molar refractivity (Wildman–Crippen MR) is 123 cm³/mol. The van der Waals surface area contributed by atoms with Crippen molar-refractivity contribution in [3.8, 4) is 11.5 Å².